The van der Waals surface area contributed by atoms with Gasteiger partial charge in [-0.15, -0.1) is 0 Å². The Kier molecular flexibility index (Phi) is 6.76. The fourth-order valence-corrected chi connectivity index (χ4v) is 3.11. The van der Waals surface area contributed by atoms with E-state index in [9.17, 15) is 0 Å². The summed E-state index contributed by atoms with van der Waals surface area (Å²) < 4.78 is 4.26. The van der Waals surface area contributed by atoms with Gasteiger partial charge >= 0.3 is 0 Å². The summed E-state index contributed by atoms with van der Waals surface area (Å²) in [7, 11) is 4.22. The lowest BCUT2D eigenvalue weighted by Crippen LogP contribution is -2.16. The highest BCUT2D eigenvalue weighted by Crippen LogP contribution is 2.24. The number of hydrogen-bond donors (Lipinski definition) is 0. The van der Waals surface area contributed by atoms with Gasteiger partial charge in [0.2, 0.25) is 0 Å². The molecule has 136 valence electrons. The number of para-hydroxylation sites is 2. The van der Waals surface area contributed by atoms with Gasteiger partial charge in [-0.2, -0.15) is 5.10 Å². The first-order chi connectivity index (χ1) is 12.2. The summed E-state index contributed by atoms with van der Waals surface area (Å²) in [6.07, 6.45) is 1.15. The molecule has 0 radical (unpaired) electrons. The summed E-state index contributed by atoms with van der Waals surface area (Å²) in [5, 5.41) is 4.78. The monoisotopic (exact) mass is 341 g/mol. The number of nitrogens with zero attached hydrogens (tertiary/aromatic N) is 5. The summed E-state index contributed by atoms with van der Waals surface area (Å²) in [5.74, 6) is 0.944. The number of aryl methyl sites for hydroxylation is 2. The van der Waals surface area contributed by atoms with Crippen molar-refractivity contribution in [3.05, 3.63) is 36.0 Å². The number of imidazole rings is 1. The fourth-order valence-electron chi connectivity index (χ4n) is 3.11. The van der Waals surface area contributed by atoms with Gasteiger partial charge in [0.15, 0.2) is 5.82 Å². The van der Waals surface area contributed by atoms with Crippen LogP contribution in [0.5, 0.6) is 0 Å². The normalized spacial score (nSPS) is 14.0. The molecule has 0 saturated carbocycles. The minimum absolute atomic E-state index is 0.944. The van der Waals surface area contributed by atoms with Crippen LogP contribution in [0.1, 0.15) is 39.8 Å². The second kappa shape index (κ2) is 8.81. The molecule has 0 unspecified atom stereocenters. The molecule has 25 heavy (non-hydrogen) atoms. The molecule has 1 aliphatic heterocycles. The number of aromatic nitrogens is 4. The number of hydrogen-bond acceptors (Lipinski definition) is 3. The molecule has 0 bridgehead atoms. The van der Waals surface area contributed by atoms with E-state index in [0.717, 1.165) is 48.6 Å². The van der Waals surface area contributed by atoms with Gasteiger partial charge in [0.25, 0.3) is 0 Å². The Morgan fingerprint density at radius 1 is 0.960 bits per heavy atom. The molecule has 3 heterocycles. The molecule has 4 rings (SSSR count). The van der Waals surface area contributed by atoms with E-state index in [1.54, 1.807) is 0 Å². The summed E-state index contributed by atoms with van der Waals surface area (Å²) in [5.41, 5.74) is 4.42. The van der Waals surface area contributed by atoms with Crippen LogP contribution in [0, 0.1) is 0 Å². The highest BCUT2D eigenvalue weighted by atomic mass is 15.3. The van der Waals surface area contributed by atoms with Crippen LogP contribution in [0.25, 0.3) is 22.6 Å². The standard InChI is InChI=1S/C16H19N5.2C2H6/c1-19-8-5-9-21-12(11-19)10-14(18-21)16-17-13-6-3-4-7-15(13)20(16)2;2*1-2/h3-4,6-7,10H,5,8-9,11H2,1-2H3;2*1-2H3. The third-order valence-corrected chi connectivity index (χ3v) is 4.22. The maximum atomic E-state index is 4.78. The Balaban J connectivity index is 0.000000528. The molecule has 0 saturated heterocycles. The molecule has 0 N–H and O–H groups in total. The molecule has 2 aromatic heterocycles. The van der Waals surface area contributed by atoms with E-state index in [1.807, 2.05) is 45.9 Å². The van der Waals surface area contributed by atoms with Gasteiger partial charge in [-0.05, 0) is 31.7 Å². The van der Waals surface area contributed by atoms with Crippen LogP contribution < -0.4 is 0 Å². The third-order valence-electron chi connectivity index (χ3n) is 4.22. The van der Waals surface area contributed by atoms with Crippen molar-refractivity contribution >= 4 is 11.0 Å². The predicted molar refractivity (Wildman–Crippen MR) is 106 cm³/mol. The first-order valence-corrected chi connectivity index (χ1v) is 9.39. The van der Waals surface area contributed by atoms with E-state index >= 15 is 0 Å². The molecule has 0 aliphatic carbocycles. The minimum atomic E-state index is 0.944. The van der Waals surface area contributed by atoms with Crippen LogP contribution in [0.15, 0.2) is 30.3 Å². The summed E-state index contributed by atoms with van der Waals surface area (Å²) in [6, 6.07) is 10.4. The van der Waals surface area contributed by atoms with E-state index in [0.29, 0.717) is 0 Å². The van der Waals surface area contributed by atoms with Crippen LogP contribution in [-0.2, 0) is 20.1 Å². The molecule has 5 nitrogen and oxygen atoms in total. The highest BCUT2D eigenvalue weighted by molar-refractivity contribution is 5.79. The zero-order chi connectivity index (χ0) is 18.4. The van der Waals surface area contributed by atoms with E-state index in [4.69, 9.17) is 10.1 Å². The Morgan fingerprint density at radius 3 is 2.40 bits per heavy atom. The van der Waals surface area contributed by atoms with Gasteiger partial charge in [0.1, 0.15) is 5.69 Å². The molecule has 0 amide bonds. The Labute approximate surface area is 151 Å². The molecule has 1 aromatic carbocycles. The molecular formula is C20H31N5. The molecule has 0 spiro atoms. The molecule has 1 aliphatic rings. The van der Waals surface area contributed by atoms with Crippen LogP contribution in [-0.4, -0.2) is 37.8 Å². The third kappa shape index (κ3) is 3.93. The van der Waals surface area contributed by atoms with Crippen molar-refractivity contribution in [3.63, 3.8) is 0 Å². The second-order valence-corrected chi connectivity index (χ2v) is 5.82. The molecule has 3 aromatic rings. The van der Waals surface area contributed by atoms with Gasteiger partial charge < -0.3 is 9.47 Å². The van der Waals surface area contributed by atoms with Crippen molar-refractivity contribution in [1.82, 2.24) is 24.2 Å². The minimum Gasteiger partial charge on any atom is -0.326 e. The summed E-state index contributed by atoms with van der Waals surface area (Å²) >= 11 is 0. The highest BCUT2D eigenvalue weighted by Gasteiger charge is 2.18. The van der Waals surface area contributed by atoms with Crippen molar-refractivity contribution in [2.24, 2.45) is 7.05 Å². The smallest absolute Gasteiger partial charge is 0.161 e. The maximum absolute atomic E-state index is 4.78. The lowest BCUT2D eigenvalue weighted by Gasteiger charge is -2.10. The lowest BCUT2D eigenvalue weighted by molar-refractivity contribution is 0.332. The van der Waals surface area contributed by atoms with Gasteiger partial charge in [-0.25, -0.2) is 4.98 Å². The number of fused-ring (bicyclic) bond motifs is 2. The SMILES string of the molecule is CC.CC.CN1CCCn2nc(-c3nc4ccccc4n3C)cc2C1. The second-order valence-electron chi connectivity index (χ2n) is 5.82. The first-order valence-electron chi connectivity index (χ1n) is 9.39. The predicted octanol–water partition coefficient (Wildman–Crippen LogP) is 4.32. The Morgan fingerprint density at radius 2 is 1.68 bits per heavy atom. The molecule has 5 heteroatoms. The van der Waals surface area contributed by atoms with E-state index in [-0.39, 0.29) is 0 Å². The quantitative estimate of drug-likeness (QED) is 0.661. The van der Waals surface area contributed by atoms with Crippen LogP contribution in [0.4, 0.5) is 0 Å². The number of benzene rings is 1. The van der Waals surface area contributed by atoms with Crippen molar-refractivity contribution in [2.45, 2.75) is 47.2 Å². The fraction of sp³-hybridized carbons (Fsp3) is 0.500. The topological polar surface area (TPSA) is 38.9 Å². The number of rotatable bonds is 1. The lowest BCUT2D eigenvalue weighted by atomic mass is 10.3. The van der Waals surface area contributed by atoms with E-state index in [1.165, 1.54) is 5.69 Å². The zero-order valence-electron chi connectivity index (χ0n) is 16.5. The van der Waals surface area contributed by atoms with Gasteiger partial charge in [0.05, 0.1) is 16.7 Å². The van der Waals surface area contributed by atoms with Crippen molar-refractivity contribution in [2.75, 3.05) is 13.6 Å². The Bertz CT molecular complexity index is 800. The molecular weight excluding hydrogens is 310 g/mol. The van der Waals surface area contributed by atoms with Crippen LogP contribution in [0.3, 0.4) is 0 Å². The van der Waals surface area contributed by atoms with Crippen LogP contribution in [0.2, 0.25) is 0 Å². The maximum Gasteiger partial charge on any atom is 0.161 e. The van der Waals surface area contributed by atoms with E-state index in [2.05, 4.69) is 40.4 Å². The van der Waals surface area contributed by atoms with Crippen LogP contribution >= 0.6 is 0 Å². The largest absolute Gasteiger partial charge is 0.326 e. The van der Waals surface area contributed by atoms with Crippen molar-refractivity contribution < 1.29 is 0 Å². The van der Waals surface area contributed by atoms with Gasteiger partial charge in [0, 0.05) is 26.7 Å². The van der Waals surface area contributed by atoms with Gasteiger partial charge in [-0.3, -0.25) is 4.68 Å². The van der Waals surface area contributed by atoms with Crippen molar-refractivity contribution in [1.29, 1.82) is 0 Å². The zero-order valence-corrected chi connectivity index (χ0v) is 16.5. The first kappa shape index (κ1) is 19.2. The average Bonchev–Trinajstić information content (AvgIpc) is 3.15. The average molecular weight is 342 g/mol. The molecule has 0 atom stereocenters. The van der Waals surface area contributed by atoms with Gasteiger partial charge in [-0.1, -0.05) is 39.8 Å². The van der Waals surface area contributed by atoms with E-state index < -0.39 is 0 Å². The summed E-state index contributed by atoms with van der Waals surface area (Å²) in [6.45, 7) is 11.1. The Hall–Kier alpha value is -2.14. The van der Waals surface area contributed by atoms with Crippen molar-refractivity contribution in [3.8, 4) is 11.5 Å². The summed E-state index contributed by atoms with van der Waals surface area (Å²) in [4.78, 5) is 7.09. The molecule has 0 fully saturated rings.